The smallest absolute Gasteiger partial charge is 0.509 e. The zero-order valence-corrected chi connectivity index (χ0v) is 35.0. The van der Waals surface area contributed by atoms with Crippen LogP contribution in [0.25, 0.3) is 27.6 Å². The van der Waals surface area contributed by atoms with Gasteiger partial charge < -0.3 is 19.1 Å². The summed E-state index contributed by atoms with van der Waals surface area (Å²) < 4.78 is 9.42. The van der Waals surface area contributed by atoms with Crippen molar-refractivity contribution in [2.45, 2.75) is 78.6 Å². The van der Waals surface area contributed by atoms with Crippen molar-refractivity contribution in [3.05, 3.63) is 144 Å². The molecule has 5 nitrogen and oxygen atoms in total. The molecule has 0 bridgehead atoms. The van der Waals surface area contributed by atoms with Crippen LogP contribution in [0.2, 0.25) is 0 Å². The van der Waals surface area contributed by atoms with E-state index < -0.39 is 0 Å². The van der Waals surface area contributed by atoms with Gasteiger partial charge in [0, 0.05) is 28.9 Å². The van der Waals surface area contributed by atoms with Crippen LogP contribution in [0.3, 0.4) is 0 Å². The number of anilines is 4. The van der Waals surface area contributed by atoms with Crippen LogP contribution in [-0.4, -0.2) is 16.2 Å². The van der Waals surface area contributed by atoms with E-state index in [1.54, 1.807) is 0 Å². The number of para-hydroxylation sites is 4. The number of pyridine rings is 1. The van der Waals surface area contributed by atoms with Crippen LogP contribution in [0.4, 0.5) is 22.7 Å². The first-order valence-electron chi connectivity index (χ1n) is 18.6. The molecule has 0 aliphatic carbocycles. The van der Waals surface area contributed by atoms with E-state index >= 15 is 0 Å². The minimum Gasteiger partial charge on any atom is -0.509 e. The molecule has 276 valence electrons. The van der Waals surface area contributed by atoms with Gasteiger partial charge >= 0.3 is 21.1 Å². The number of fused-ring (bicyclic) bond motifs is 4. The van der Waals surface area contributed by atoms with Crippen molar-refractivity contribution >= 4 is 44.6 Å². The van der Waals surface area contributed by atoms with Crippen molar-refractivity contribution in [1.82, 2.24) is 9.55 Å². The van der Waals surface area contributed by atoms with Gasteiger partial charge in [0.05, 0.1) is 18.0 Å². The molecule has 0 saturated carbocycles. The third kappa shape index (κ3) is 6.73. The number of rotatable bonds is 5. The summed E-state index contributed by atoms with van der Waals surface area (Å²) in [6.07, 6.45) is 1.92. The summed E-state index contributed by atoms with van der Waals surface area (Å²) in [6, 6.07) is 46.4. The Balaban J connectivity index is 0.00000450. The number of hydrogen-bond donors (Lipinski definition) is 0. The second-order valence-electron chi connectivity index (χ2n) is 17.3. The van der Waals surface area contributed by atoms with Crippen molar-refractivity contribution in [1.29, 1.82) is 0 Å². The molecule has 1 aliphatic rings. The van der Waals surface area contributed by atoms with E-state index in [0.29, 0.717) is 18.2 Å². The van der Waals surface area contributed by atoms with E-state index in [4.69, 9.17) is 9.72 Å². The molecular formula is C48H48N4OPt. The number of hydrogen-bond acceptors (Lipinski definition) is 4. The Morgan fingerprint density at radius 1 is 0.593 bits per heavy atom. The number of aromatic nitrogens is 2. The summed E-state index contributed by atoms with van der Waals surface area (Å²) >= 11 is 0. The van der Waals surface area contributed by atoms with E-state index in [2.05, 4.69) is 198 Å². The van der Waals surface area contributed by atoms with Gasteiger partial charge in [-0.2, -0.15) is 12.1 Å². The van der Waals surface area contributed by atoms with Crippen molar-refractivity contribution in [3.63, 3.8) is 0 Å². The number of benzene rings is 5. The summed E-state index contributed by atoms with van der Waals surface area (Å²) in [7, 11) is 0. The van der Waals surface area contributed by atoms with E-state index in [1.165, 1.54) is 16.6 Å². The first-order chi connectivity index (χ1) is 25.2. The van der Waals surface area contributed by atoms with Gasteiger partial charge in [-0.3, -0.25) is 0 Å². The largest absolute Gasteiger partial charge is 2.00 e. The molecule has 3 heterocycles. The molecule has 0 radical (unpaired) electrons. The van der Waals surface area contributed by atoms with Gasteiger partial charge in [0.25, 0.3) is 0 Å². The van der Waals surface area contributed by atoms with Crippen LogP contribution < -0.4 is 14.5 Å². The van der Waals surface area contributed by atoms with E-state index in [0.717, 1.165) is 50.4 Å². The molecule has 0 amide bonds. The van der Waals surface area contributed by atoms with E-state index in [1.807, 2.05) is 6.20 Å². The van der Waals surface area contributed by atoms with Gasteiger partial charge in [0.15, 0.2) is 0 Å². The Bertz CT molecular complexity index is 2480. The second kappa shape index (κ2) is 13.8. The first kappa shape index (κ1) is 37.5. The normalized spacial score (nSPS) is 13.4. The third-order valence-electron chi connectivity index (χ3n) is 10.3. The maximum absolute atomic E-state index is 7.18. The molecule has 54 heavy (non-hydrogen) atoms. The van der Waals surface area contributed by atoms with Crippen LogP contribution in [0.1, 0.15) is 79.0 Å². The molecule has 0 saturated heterocycles. The maximum atomic E-state index is 7.18. The van der Waals surface area contributed by atoms with Crippen LogP contribution in [-0.2, 0) is 37.3 Å². The van der Waals surface area contributed by atoms with Crippen LogP contribution in [0.5, 0.6) is 11.5 Å². The van der Waals surface area contributed by atoms with E-state index in [-0.39, 0.29) is 37.3 Å². The summed E-state index contributed by atoms with van der Waals surface area (Å²) in [5.41, 5.74) is 9.40. The van der Waals surface area contributed by atoms with Crippen molar-refractivity contribution in [2.75, 3.05) is 16.5 Å². The average Bonchev–Trinajstić information content (AvgIpc) is 3.66. The van der Waals surface area contributed by atoms with Crippen LogP contribution >= 0.6 is 0 Å². The predicted molar refractivity (Wildman–Crippen MR) is 221 cm³/mol. The fraction of sp³-hybridized carbons (Fsp3) is 0.271. The molecule has 6 heteroatoms. The Morgan fingerprint density at radius 2 is 1.22 bits per heavy atom. The standard InChI is InChI=1S/C48H48N4O.Pt/c1-46(2,3)32-25-26-49-45(27-32)52-39-20-14-13-19-35(39)36-29-38(48(7,8)9)44(30-42(36)52)53-43-28-34(23-24-37(43)47(4,5)6)51-31-50(33-17-11-10-12-18-33)40-21-15-16-22-41(40)51;/h10-27,29H,31H2,1-9H3;/q-2;+2. The molecule has 8 rings (SSSR count). The monoisotopic (exact) mass is 891 g/mol. The first-order valence-corrected chi connectivity index (χ1v) is 18.6. The summed E-state index contributed by atoms with van der Waals surface area (Å²) in [4.78, 5) is 9.59. The van der Waals surface area contributed by atoms with Crippen LogP contribution in [0, 0.1) is 12.1 Å². The number of ether oxygens (including phenoxy) is 1. The topological polar surface area (TPSA) is 33.5 Å². The average molecular weight is 892 g/mol. The number of nitrogens with zero attached hydrogens (tertiary/aromatic N) is 4. The predicted octanol–water partition coefficient (Wildman–Crippen LogP) is 12.7. The molecule has 0 fully saturated rings. The van der Waals surface area contributed by atoms with Crippen molar-refractivity contribution in [3.8, 4) is 17.3 Å². The fourth-order valence-corrected chi connectivity index (χ4v) is 7.44. The van der Waals surface area contributed by atoms with Crippen molar-refractivity contribution in [2.24, 2.45) is 0 Å². The molecule has 0 spiro atoms. The maximum Gasteiger partial charge on any atom is 2.00 e. The van der Waals surface area contributed by atoms with Crippen molar-refractivity contribution < 1.29 is 25.8 Å². The van der Waals surface area contributed by atoms with E-state index in [9.17, 15) is 0 Å². The second-order valence-corrected chi connectivity index (χ2v) is 17.3. The molecule has 2 aromatic heterocycles. The van der Waals surface area contributed by atoms with Gasteiger partial charge in [-0.25, -0.2) is 4.98 Å². The van der Waals surface area contributed by atoms with Gasteiger partial charge in [0.1, 0.15) is 5.82 Å². The van der Waals surface area contributed by atoms with Gasteiger partial charge in [-0.05, 0) is 58.8 Å². The molecule has 1 aliphatic heterocycles. The minimum absolute atomic E-state index is 0. The molecule has 0 N–H and O–H groups in total. The van der Waals surface area contributed by atoms with Crippen LogP contribution in [0.15, 0.2) is 115 Å². The Labute approximate surface area is 334 Å². The SMILES string of the molecule is CC(C)(C)c1ccnc(-n2c3[c-]c(Oc4[c-]c(N5CN(c6ccccc6)c6ccccc65)ccc4C(C)(C)C)c(C(C)(C)C)cc3c3ccccc32)c1.[Pt+2]. The van der Waals surface area contributed by atoms with Gasteiger partial charge in [-0.15, -0.1) is 34.7 Å². The Hall–Kier alpha value is -4.86. The molecule has 5 aromatic carbocycles. The Morgan fingerprint density at radius 3 is 1.91 bits per heavy atom. The zero-order chi connectivity index (χ0) is 37.3. The van der Waals surface area contributed by atoms with Gasteiger partial charge in [-0.1, -0.05) is 133 Å². The molecule has 7 aromatic rings. The molecule has 0 unspecified atom stereocenters. The summed E-state index contributed by atoms with van der Waals surface area (Å²) in [6.45, 7) is 20.8. The summed E-state index contributed by atoms with van der Waals surface area (Å²) in [5, 5.41) is 2.29. The Kier molecular flexibility index (Phi) is 9.55. The molecular weight excluding hydrogens is 844 g/mol. The summed E-state index contributed by atoms with van der Waals surface area (Å²) in [5.74, 6) is 2.28. The minimum atomic E-state index is -0.225. The third-order valence-corrected chi connectivity index (χ3v) is 10.3. The zero-order valence-electron chi connectivity index (χ0n) is 32.7. The molecule has 0 atom stereocenters. The van der Waals surface area contributed by atoms with Gasteiger partial charge in [0.2, 0.25) is 0 Å². The quantitative estimate of drug-likeness (QED) is 0.161. The fourth-order valence-electron chi connectivity index (χ4n) is 7.44.